The number of unbranched alkanes of at least 4 members (excludes halogenated alkanes) is 8. The molecule has 2 spiro atoms. The van der Waals surface area contributed by atoms with Crippen LogP contribution in [0.2, 0.25) is 0 Å². The number of rotatable bonds is 16. The van der Waals surface area contributed by atoms with Crippen LogP contribution < -0.4 is 28.4 Å². The van der Waals surface area contributed by atoms with Crippen molar-refractivity contribution >= 4 is 23.7 Å². The quantitative estimate of drug-likeness (QED) is 0.0304. The zero-order chi connectivity index (χ0) is 70.5. The van der Waals surface area contributed by atoms with E-state index in [-0.39, 0.29) is 39.7 Å². The summed E-state index contributed by atoms with van der Waals surface area (Å²) in [5, 5.41) is 0. The maximum Gasteiger partial charge on any atom is 0.343 e. The zero-order valence-electron chi connectivity index (χ0n) is 58.0. The zero-order valence-corrected chi connectivity index (χ0v) is 58.0. The van der Waals surface area contributed by atoms with Crippen molar-refractivity contribution < 1.29 is 47.6 Å². The molecular formula is C92H74O10. The molecule has 4 aliphatic rings. The molecular weight excluding hydrogens is 1270 g/mol. The lowest BCUT2D eigenvalue weighted by molar-refractivity contribution is 0.0721. The van der Waals surface area contributed by atoms with Gasteiger partial charge in [0.1, 0.15) is 46.0 Å². The second-order valence-corrected chi connectivity index (χ2v) is 26.1. The van der Waals surface area contributed by atoms with E-state index >= 15 is 0 Å². The van der Waals surface area contributed by atoms with Crippen LogP contribution in [0.4, 0.5) is 0 Å². The smallest absolute Gasteiger partial charge is 0.343 e. The molecule has 2 aliphatic carbocycles. The first-order valence-electron chi connectivity index (χ1n) is 35.3. The maximum absolute atomic E-state index is 14.6. The van der Waals surface area contributed by atoms with Crippen LogP contribution in [0.5, 0.6) is 46.0 Å². The van der Waals surface area contributed by atoms with Crippen molar-refractivity contribution in [2.75, 3.05) is 7.11 Å². The summed E-state index contributed by atoms with van der Waals surface area (Å²) in [6.45, 7) is 10.1. The third-order valence-electron chi connectivity index (χ3n) is 19.4. The van der Waals surface area contributed by atoms with Crippen molar-refractivity contribution in [1.29, 1.82) is 0 Å². The normalized spacial score (nSPS) is 12.6. The van der Waals surface area contributed by atoms with Crippen LogP contribution in [0.15, 0.2) is 194 Å². The number of Topliss-reactive ketones (excluding diaryl/α,β-unsaturated/α-hetero) is 1. The molecule has 10 nitrogen and oxygen atoms in total. The summed E-state index contributed by atoms with van der Waals surface area (Å²) in [4.78, 5) is 55.0. The third-order valence-corrected chi connectivity index (χ3v) is 19.4. The molecule has 502 valence electrons. The summed E-state index contributed by atoms with van der Waals surface area (Å²) in [6, 6.07) is 60.4. The van der Waals surface area contributed by atoms with Gasteiger partial charge in [0.25, 0.3) is 0 Å². The van der Waals surface area contributed by atoms with Gasteiger partial charge < -0.3 is 28.4 Å². The molecule has 10 heteroatoms. The van der Waals surface area contributed by atoms with Crippen molar-refractivity contribution in [2.24, 2.45) is 0 Å². The highest BCUT2D eigenvalue weighted by Crippen LogP contribution is 2.65. The predicted octanol–water partition coefficient (Wildman–Crippen LogP) is 20.7. The first-order chi connectivity index (χ1) is 49.9. The number of esters is 3. The van der Waals surface area contributed by atoms with Crippen LogP contribution in [-0.2, 0) is 10.8 Å². The molecule has 0 bridgehead atoms. The van der Waals surface area contributed by atoms with E-state index in [0.717, 1.165) is 166 Å². The molecule has 0 fully saturated rings. The minimum atomic E-state index is -1.05. The Hall–Kier alpha value is -12.1. The lowest BCUT2D eigenvalue weighted by atomic mass is 9.65. The van der Waals surface area contributed by atoms with E-state index in [0.29, 0.717) is 34.3 Å². The van der Waals surface area contributed by atoms with E-state index in [1.165, 1.54) is 13.0 Å². The minimum Gasteiger partial charge on any atom is -0.497 e. The van der Waals surface area contributed by atoms with E-state index in [4.69, 9.17) is 28.4 Å². The van der Waals surface area contributed by atoms with Crippen LogP contribution in [-0.4, -0.2) is 30.8 Å². The number of methoxy groups -OCH3 is 1. The van der Waals surface area contributed by atoms with Gasteiger partial charge >= 0.3 is 17.9 Å². The molecule has 102 heavy (non-hydrogen) atoms. The van der Waals surface area contributed by atoms with Gasteiger partial charge in [0, 0.05) is 100 Å². The summed E-state index contributed by atoms with van der Waals surface area (Å²) in [7, 11) is 1.63. The fourth-order valence-corrected chi connectivity index (χ4v) is 14.4. The molecule has 2 heterocycles. The average Bonchev–Trinajstić information content (AvgIpc) is 1.31. The summed E-state index contributed by atoms with van der Waals surface area (Å²) in [5.74, 6) is 28.3. The van der Waals surface area contributed by atoms with Crippen molar-refractivity contribution in [3.8, 4) is 116 Å². The largest absolute Gasteiger partial charge is 0.497 e. The fraction of sp³-hybridized carbons (Fsp3) is 0.217. The van der Waals surface area contributed by atoms with Gasteiger partial charge in [-0.25, -0.2) is 14.4 Å². The van der Waals surface area contributed by atoms with E-state index in [1.54, 1.807) is 86.0 Å². The van der Waals surface area contributed by atoms with Crippen LogP contribution in [0, 0.1) is 47.4 Å². The second-order valence-electron chi connectivity index (χ2n) is 26.1. The molecule has 2 aliphatic heterocycles. The van der Waals surface area contributed by atoms with Crippen molar-refractivity contribution in [1.82, 2.24) is 0 Å². The maximum atomic E-state index is 14.6. The molecule has 10 aromatic rings. The van der Waals surface area contributed by atoms with Crippen LogP contribution in [0.3, 0.4) is 0 Å². The number of ether oxygens (including phenoxy) is 6. The fourth-order valence-electron chi connectivity index (χ4n) is 14.4. The number of benzene rings is 10. The molecule has 0 aromatic heterocycles. The first-order valence-corrected chi connectivity index (χ1v) is 35.3. The van der Waals surface area contributed by atoms with Gasteiger partial charge in [0.2, 0.25) is 0 Å². The average molecular weight is 1340 g/mol. The Labute approximate surface area is 596 Å². The number of carbonyl (C=O) groups excluding carboxylic acids is 4. The Kier molecular flexibility index (Phi) is 19.1. The second kappa shape index (κ2) is 29.0. The highest BCUT2D eigenvalue weighted by molar-refractivity contribution is 5.99. The van der Waals surface area contributed by atoms with Gasteiger partial charge in [-0.2, -0.15) is 0 Å². The number of fused-ring (bicyclic) bond motifs is 18. The molecule has 14 rings (SSSR count). The van der Waals surface area contributed by atoms with Crippen LogP contribution in [0.1, 0.15) is 220 Å². The molecule has 10 aromatic carbocycles. The Morgan fingerprint density at radius 3 is 0.951 bits per heavy atom. The molecule has 0 atom stereocenters. The monoisotopic (exact) mass is 1340 g/mol. The van der Waals surface area contributed by atoms with Gasteiger partial charge in [-0.05, 0) is 180 Å². The van der Waals surface area contributed by atoms with Gasteiger partial charge in [0.15, 0.2) is 5.78 Å². The number of carbonyl (C=O) groups is 4. The third kappa shape index (κ3) is 12.6. The molecule has 0 unspecified atom stereocenters. The number of hydrogen-bond donors (Lipinski definition) is 0. The molecule has 0 amide bonds. The summed E-state index contributed by atoms with van der Waals surface area (Å²) in [6.07, 6.45) is 11.3. The molecule has 0 saturated heterocycles. The number of hydrogen-bond acceptors (Lipinski definition) is 10. The van der Waals surface area contributed by atoms with Crippen molar-refractivity contribution in [3.05, 3.63) is 283 Å². The van der Waals surface area contributed by atoms with Crippen LogP contribution in [0.25, 0.3) is 22.3 Å². The SMILES string of the molecule is CCCCC#Cc1ccc2c(c1)C1(c3ccc(OC)cc3Oc3cc(OC(=O)c4cccc(C(=O)Oc5ccc6c(c5)Oc5cc(OC(=O)c7ccc(C(C)=O)cc7)ccc5C65c6cc(C#CCCCC)ccc6-c6ccc(C#CCCCC)cc65)c4)ccc31)c1cc(C#CCCCC)ccc1-2. The Morgan fingerprint density at radius 1 is 0.333 bits per heavy atom. The van der Waals surface area contributed by atoms with E-state index in [1.807, 2.05) is 30.3 Å². The van der Waals surface area contributed by atoms with Gasteiger partial charge in [-0.3, -0.25) is 4.79 Å². The topological polar surface area (TPSA) is 124 Å². The van der Waals surface area contributed by atoms with Gasteiger partial charge in [0.05, 0.1) is 34.6 Å². The predicted molar refractivity (Wildman–Crippen MR) is 398 cm³/mol. The lowest BCUT2D eigenvalue weighted by Gasteiger charge is -2.39. The highest BCUT2D eigenvalue weighted by Gasteiger charge is 2.53. The van der Waals surface area contributed by atoms with Gasteiger partial charge in [-0.1, -0.05) is 167 Å². The summed E-state index contributed by atoms with van der Waals surface area (Å²) in [5.41, 5.74) is 13.9. The summed E-state index contributed by atoms with van der Waals surface area (Å²) >= 11 is 0. The standard InChI is InChI=1S/C92H74O10/c1-7-11-15-19-24-60-30-42-72-73-43-31-61(25-20-16-12-8-2)51-81(73)91(80(72)50-60)76-46-38-68(97-6)55-84(76)101-85-57-70(40-48-77(85)91)99-89(95)66-28-23-29-67(54-66)90(96)100-71-41-49-79-87(58-71)102-86-56-69(98-88(94)65-36-34-64(35-37-65)59(5)93)39-47-78(86)92(79)82-52-62(26-21-17-13-9-3)32-44-74(82)75-45-33-63(53-83(75)92)27-22-18-14-10-4/h23,28-58H,7-18H2,1-6H3. The van der Waals surface area contributed by atoms with Crippen molar-refractivity contribution in [3.63, 3.8) is 0 Å². The van der Waals surface area contributed by atoms with E-state index < -0.39 is 28.7 Å². The number of ketones is 1. The van der Waals surface area contributed by atoms with E-state index in [2.05, 4.69) is 154 Å². The lowest BCUT2D eigenvalue weighted by Crippen LogP contribution is -2.32. The molecule has 0 radical (unpaired) electrons. The minimum absolute atomic E-state index is 0.0924. The summed E-state index contributed by atoms with van der Waals surface area (Å²) < 4.78 is 38.2. The Balaban J connectivity index is 0.803. The highest BCUT2D eigenvalue weighted by atomic mass is 16.5. The Bertz CT molecular complexity index is 5180. The Morgan fingerprint density at radius 2 is 0.637 bits per heavy atom. The molecule has 0 N–H and O–H groups in total. The van der Waals surface area contributed by atoms with E-state index in [9.17, 15) is 19.2 Å². The van der Waals surface area contributed by atoms with Gasteiger partial charge in [-0.15, -0.1) is 0 Å². The van der Waals surface area contributed by atoms with Crippen molar-refractivity contribution in [2.45, 2.75) is 122 Å². The van der Waals surface area contributed by atoms with Crippen LogP contribution >= 0.6 is 0 Å². The first kappa shape index (κ1) is 67.1. The molecule has 0 saturated carbocycles.